The zero-order valence-corrected chi connectivity index (χ0v) is 7.83. The lowest BCUT2D eigenvalue weighted by molar-refractivity contribution is 0.312. The molecular formula is C12H15O. The van der Waals surface area contributed by atoms with E-state index in [1.807, 2.05) is 30.3 Å². The summed E-state index contributed by atoms with van der Waals surface area (Å²) in [6.07, 6.45) is 3.74. The fourth-order valence-electron chi connectivity index (χ4n) is 0.992. The molecule has 0 aromatic heterocycles. The van der Waals surface area contributed by atoms with Crippen molar-refractivity contribution in [1.82, 2.24) is 0 Å². The summed E-state index contributed by atoms with van der Waals surface area (Å²) in [5.41, 5.74) is 1.12. The van der Waals surface area contributed by atoms with E-state index in [9.17, 15) is 0 Å². The predicted molar refractivity (Wildman–Crippen MR) is 56.6 cm³/mol. The van der Waals surface area contributed by atoms with Crippen molar-refractivity contribution in [2.45, 2.75) is 12.8 Å². The Hall–Kier alpha value is -1.24. The van der Waals surface area contributed by atoms with Crippen LogP contribution in [-0.4, -0.2) is 6.61 Å². The summed E-state index contributed by atoms with van der Waals surface area (Å²) in [7, 11) is 0. The molecule has 13 heavy (non-hydrogen) atoms. The number of hydrogen-bond donors (Lipinski definition) is 0. The molecule has 0 aliphatic rings. The van der Waals surface area contributed by atoms with Crippen LogP contribution in [0.4, 0.5) is 0 Å². The van der Waals surface area contributed by atoms with E-state index in [1.165, 1.54) is 0 Å². The van der Waals surface area contributed by atoms with Crippen LogP contribution in [0.1, 0.15) is 18.4 Å². The van der Waals surface area contributed by atoms with Gasteiger partial charge in [-0.2, -0.15) is 0 Å². The average Bonchev–Trinajstić information content (AvgIpc) is 2.19. The molecule has 1 nitrogen and oxygen atoms in total. The Balaban J connectivity index is 2.44. The highest BCUT2D eigenvalue weighted by Gasteiger charge is 1.91. The molecule has 0 spiro atoms. The third-order valence-electron chi connectivity index (χ3n) is 1.78. The lowest BCUT2D eigenvalue weighted by Crippen LogP contribution is -1.95. The van der Waals surface area contributed by atoms with Gasteiger partial charge in [0.15, 0.2) is 0 Å². The molecule has 0 atom stereocenters. The van der Waals surface area contributed by atoms with Gasteiger partial charge in [-0.25, -0.2) is 0 Å². The fourth-order valence-corrected chi connectivity index (χ4v) is 0.992. The zero-order chi connectivity index (χ0) is 9.52. The van der Waals surface area contributed by atoms with Crippen LogP contribution in [0.15, 0.2) is 30.8 Å². The molecule has 0 saturated carbocycles. The first-order chi connectivity index (χ1) is 6.36. The van der Waals surface area contributed by atoms with Crippen molar-refractivity contribution in [2.24, 2.45) is 0 Å². The first kappa shape index (κ1) is 9.85. The zero-order valence-electron chi connectivity index (χ0n) is 7.83. The summed E-state index contributed by atoms with van der Waals surface area (Å²) in [5.74, 6) is 0.916. The second-order valence-corrected chi connectivity index (χ2v) is 2.83. The predicted octanol–water partition coefficient (Wildman–Crippen LogP) is 3.32. The van der Waals surface area contributed by atoms with Crippen LogP contribution in [0.3, 0.4) is 0 Å². The Labute approximate surface area is 80.0 Å². The molecule has 1 aromatic rings. The molecule has 1 aromatic carbocycles. The molecule has 1 rings (SSSR count). The Morgan fingerprint density at radius 3 is 2.46 bits per heavy atom. The maximum absolute atomic E-state index is 5.47. The quantitative estimate of drug-likeness (QED) is 0.624. The van der Waals surface area contributed by atoms with Crippen LogP contribution < -0.4 is 4.74 Å². The summed E-state index contributed by atoms with van der Waals surface area (Å²) in [5, 5.41) is 0. The largest absolute Gasteiger partial charge is 0.494 e. The van der Waals surface area contributed by atoms with Crippen LogP contribution in [0, 0.1) is 6.92 Å². The monoisotopic (exact) mass is 175 g/mol. The van der Waals surface area contributed by atoms with Crippen LogP contribution in [-0.2, 0) is 0 Å². The molecule has 1 heteroatoms. The van der Waals surface area contributed by atoms with Crippen molar-refractivity contribution in [3.8, 4) is 5.75 Å². The number of hydrogen-bond acceptors (Lipinski definition) is 1. The molecular weight excluding hydrogens is 160 g/mol. The maximum atomic E-state index is 5.47. The molecule has 0 aliphatic carbocycles. The van der Waals surface area contributed by atoms with E-state index in [2.05, 4.69) is 13.5 Å². The molecule has 0 amide bonds. The van der Waals surface area contributed by atoms with Gasteiger partial charge >= 0.3 is 0 Å². The summed E-state index contributed by atoms with van der Waals surface area (Å²) in [6.45, 7) is 8.18. The standard InChI is InChI=1S/C12H15O/c1-3-5-10-13-12-8-6-11(4-2)7-9-12/h4,6-9H,1-3,5,10H2. The number of rotatable bonds is 5. The maximum Gasteiger partial charge on any atom is 0.119 e. The van der Waals surface area contributed by atoms with Crippen molar-refractivity contribution in [3.05, 3.63) is 43.3 Å². The van der Waals surface area contributed by atoms with Crippen LogP contribution in [0.2, 0.25) is 0 Å². The van der Waals surface area contributed by atoms with Crippen molar-refractivity contribution in [1.29, 1.82) is 0 Å². The van der Waals surface area contributed by atoms with Gasteiger partial charge in [0, 0.05) is 0 Å². The van der Waals surface area contributed by atoms with Gasteiger partial charge in [-0.15, -0.1) is 0 Å². The van der Waals surface area contributed by atoms with Gasteiger partial charge in [-0.05, 0) is 24.1 Å². The minimum atomic E-state index is 0.747. The van der Waals surface area contributed by atoms with E-state index < -0.39 is 0 Å². The Morgan fingerprint density at radius 2 is 1.92 bits per heavy atom. The molecule has 0 aliphatic heterocycles. The smallest absolute Gasteiger partial charge is 0.119 e. The van der Waals surface area contributed by atoms with Gasteiger partial charge in [0.1, 0.15) is 5.75 Å². The van der Waals surface area contributed by atoms with E-state index in [0.29, 0.717) is 0 Å². The number of benzene rings is 1. The van der Waals surface area contributed by atoms with E-state index >= 15 is 0 Å². The highest BCUT2D eigenvalue weighted by atomic mass is 16.5. The van der Waals surface area contributed by atoms with Crippen LogP contribution in [0.25, 0.3) is 6.08 Å². The van der Waals surface area contributed by atoms with Gasteiger partial charge in [0.05, 0.1) is 6.61 Å². The van der Waals surface area contributed by atoms with Gasteiger partial charge in [-0.3, -0.25) is 0 Å². The third kappa shape index (κ3) is 3.32. The summed E-state index contributed by atoms with van der Waals surface area (Å²) < 4.78 is 5.47. The Kier molecular flexibility index (Phi) is 4.10. The fraction of sp³-hybridized carbons (Fsp3) is 0.250. The lowest BCUT2D eigenvalue weighted by atomic mass is 10.2. The average molecular weight is 175 g/mol. The Morgan fingerprint density at radius 1 is 1.23 bits per heavy atom. The van der Waals surface area contributed by atoms with E-state index in [4.69, 9.17) is 4.74 Å². The lowest BCUT2D eigenvalue weighted by Gasteiger charge is -2.04. The highest BCUT2D eigenvalue weighted by Crippen LogP contribution is 2.12. The molecule has 69 valence electrons. The van der Waals surface area contributed by atoms with E-state index in [0.717, 1.165) is 30.8 Å². The minimum absolute atomic E-state index is 0.747. The third-order valence-corrected chi connectivity index (χ3v) is 1.78. The first-order valence-electron chi connectivity index (χ1n) is 4.51. The van der Waals surface area contributed by atoms with Crippen molar-refractivity contribution in [3.63, 3.8) is 0 Å². The topological polar surface area (TPSA) is 9.23 Å². The minimum Gasteiger partial charge on any atom is -0.494 e. The highest BCUT2D eigenvalue weighted by molar-refractivity contribution is 5.48. The summed E-state index contributed by atoms with van der Waals surface area (Å²) in [6, 6.07) is 7.90. The first-order valence-corrected chi connectivity index (χ1v) is 4.51. The molecule has 0 heterocycles. The van der Waals surface area contributed by atoms with E-state index in [1.54, 1.807) is 0 Å². The summed E-state index contributed by atoms with van der Waals surface area (Å²) in [4.78, 5) is 0. The van der Waals surface area contributed by atoms with Gasteiger partial charge in [0.2, 0.25) is 0 Å². The van der Waals surface area contributed by atoms with Gasteiger partial charge < -0.3 is 4.74 Å². The molecule has 0 fully saturated rings. The van der Waals surface area contributed by atoms with Crippen molar-refractivity contribution in [2.75, 3.05) is 6.61 Å². The van der Waals surface area contributed by atoms with Gasteiger partial charge in [-0.1, -0.05) is 38.1 Å². The van der Waals surface area contributed by atoms with Crippen molar-refractivity contribution >= 4 is 6.08 Å². The molecule has 0 saturated heterocycles. The molecule has 0 unspecified atom stereocenters. The Bertz CT molecular complexity index is 248. The second-order valence-electron chi connectivity index (χ2n) is 2.83. The van der Waals surface area contributed by atoms with Crippen molar-refractivity contribution < 1.29 is 4.74 Å². The van der Waals surface area contributed by atoms with E-state index in [-0.39, 0.29) is 0 Å². The van der Waals surface area contributed by atoms with Gasteiger partial charge in [0.25, 0.3) is 0 Å². The molecule has 0 bridgehead atoms. The normalized spacial score (nSPS) is 9.62. The SMILES string of the molecule is [CH2]CCCOc1ccc(C=C)cc1. The second kappa shape index (κ2) is 5.41. The molecule has 0 N–H and O–H groups in total. The molecule has 1 radical (unpaired) electrons. The van der Waals surface area contributed by atoms with Crippen LogP contribution >= 0.6 is 0 Å². The van der Waals surface area contributed by atoms with Crippen LogP contribution in [0.5, 0.6) is 5.75 Å². The number of ether oxygens (including phenoxy) is 1. The summed E-state index contributed by atoms with van der Waals surface area (Å²) >= 11 is 0. The number of unbranched alkanes of at least 4 members (excludes halogenated alkanes) is 1.